The van der Waals surface area contributed by atoms with E-state index >= 15 is 0 Å². The standard InChI is InChI=1S/C22H20N2O4/c1-14(15-7-8-19-17(11-15)12-20(25)24-19)23-22(26)21-16(9-10-27-21)13-28-18-5-3-2-4-6-18/h2-11,14H,12-13H2,1H3,(H,23,26)(H,24,25)/t14-/m1/s1. The minimum atomic E-state index is -0.307. The van der Waals surface area contributed by atoms with Crippen LogP contribution in [-0.2, 0) is 17.8 Å². The van der Waals surface area contributed by atoms with E-state index in [2.05, 4.69) is 10.6 Å². The summed E-state index contributed by atoms with van der Waals surface area (Å²) >= 11 is 0. The van der Waals surface area contributed by atoms with E-state index < -0.39 is 0 Å². The van der Waals surface area contributed by atoms with Crippen molar-refractivity contribution >= 4 is 17.5 Å². The molecule has 1 atom stereocenters. The lowest BCUT2D eigenvalue weighted by atomic mass is 10.0. The van der Waals surface area contributed by atoms with Crippen LogP contribution in [0.1, 0.15) is 40.2 Å². The highest BCUT2D eigenvalue weighted by molar-refractivity contribution is 5.99. The van der Waals surface area contributed by atoms with Gasteiger partial charge in [0.1, 0.15) is 12.4 Å². The third-order valence-corrected chi connectivity index (χ3v) is 4.69. The molecule has 2 amide bonds. The second kappa shape index (κ2) is 7.60. The number of para-hydroxylation sites is 1. The molecule has 4 rings (SSSR count). The van der Waals surface area contributed by atoms with E-state index in [-0.39, 0.29) is 30.2 Å². The molecule has 6 heteroatoms. The zero-order chi connectivity index (χ0) is 19.5. The first-order chi connectivity index (χ1) is 13.6. The van der Waals surface area contributed by atoms with Gasteiger partial charge < -0.3 is 19.8 Å². The van der Waals surface area contributed by atoms with Crippen molar-refractivity contribution in [3.63, 3.8) is 0 Å². The molecule has 0 radical (unpaired) electrons. The summed E-state index contributed by atoms with van der Waals surface area (Å²) < 4.78 is 11.1. The Kier molecular flexibility index (Phi) is 4.85. The normalized spacial score (nSPS) is 13.5. The maximum absolute atomic E-state index is 12.7. The van der Waals surface area contributed by atoms with E-state index in [1.807, 2.05) is 55.5 Å². The van der Waals surface area contributed by atoms with Crippen LogP contribution in [0.25, 0.3) is 0 Å². The minimum Gasteiger partial charge on any atom is -0.489 e. The van der Waals surface area contributed by atoms with Crippen LogP contribution in [0.2, 0.25) is 0 Å². The molecule has 28 heavy (non-hydrogen) atoms. The Hall–Kier alpha value is -3.54. The number of carbonyl (C=O) groups is 2. The predicted molar refractivity (Wildman–Crippen MR) is 104 cm³/mol. The lowest BCUT2D eigenvalue weighted by molar-refractivity contribution is -0.115. The molecule has 2 aromatic carbocycles. The van der Waals surface area contributed by atoms with Gasteiger partial charge in [0.15, 0.2) is 5.76 Å². The molecule has 2 heterocycles. The monoisotopic (exact) mass is 376 g/mol. The van der Waals surface area contributed by atoms with Crippen LogP contribution >= 0.6 is 0 Å². The van der Waals surface area contributed by atoms with E-state index in [1.165, 1.54) is 6.26 Å². The summed E-state index contributed by atoms with van der Waals surface area (Å²) in [5.41, 5.74) is 3.38. The van der Waals surface area contributed by atoms with E-state index in [9.17, 15) is 9.59 Å². The van der Waals surface area contributed by atoms with Crippen LogP contribution in [0.3, 0.4) is 0 Å². The summed E-state index contributed by atoms with van der Waals surface area (Å²) in [6.45, 7) is 2.14. The molecule has 0 unspecified atom stereocenters. The Morgan fingerprint density at radius 1 is 1.21 bits per heavy atom. The molecule has 3 aromatic rings. The molecular weight excluding hydrogens is 356 g/mol. The quantitative estimate of drug-likeness (QED) is 0.685. The van der Waals surface area contributed by atoms with Gasteiger partial charge in [-0.2, -0.15) is 0 Å². The van der Waals surface area contributed by atoms with Crippen LogP contribution in [-0.4, -0.2) is 11.8 Å². The summed E-state index contributed by atoms with van der Waals surface area (Å²) in [4.78, 5) is 24.2. The average molecular weight is 376 g/mol. The van der Waals surface area contributed by atoms with Crippen molar-refractivity contribution in [1.29, 1.82) is 0 Å². The van der Waals surface area contributed by atoms with Gasteiger partial charge in [0, 0.05) is 11.3 Å². The van der Waals surface area contributed by atoms with Gasteiger partial charge in [-0.15, -0.1) is 0 Å². The lowest BCUT2D eigenvalue weighted by Gasteiger charge is -2.15. The number of nitrogens with one attached hydrogen (secondary N) is 2. The second-order valence-corrected chi connectivity index (χ2v) is 6.71. The Morgan fingerprint density at radius 2 is 2.04 bits per heavy atom. The molecule has 0 saturated heterocycles. The Labute approximate surface area is 162 Å². The SMILES string of the molecule is C[C@@H](NC(=O)c1occc1COc1ccccc1)c1ccc2c(c1)CC(=O)N2. The number of hydrogen-bond donors (Lipinski definition) is 2. The van der Waals surface area contributed by atoms with Crippen molar-refractivity contribution in [2.75, 3.05) is 5.32 Å². The topological polar surface area (TPSA) is 80.6 Å². The van der Waals surface area contributed by atoms with Crippen molar-refractivity contribution in [3.05, 3.63) is 83.3 Å². The van der Waals surface area contributed by atoms with Crippen molar-refractivity contribution < 1.29 is 18.7 Å². The fourth-order valence-electron chi connectivity index (χ4n) is 3.19. The van der Waals surface area contributed by atoms with Crippen LogP contribution in [0.15, 0.2) is 65.3 Å². The number of carbonyl (C=O) groups excluding carboxylic acids is 2. The van der Waals surface area contributed by atoms with Gasteiger partial charge in [-0.25, -0.2) is 0 Å². The molecule has 0 bridgehead atoms. The van der Waals surface area contributed by atoms with Gasteiger partial charge in [0.2, 0.25) is 5.91 Å². The number of fused-ring (bicyclic) bond motifs is 1. The molecule has 1 aromatic heterocycles. The highest BCUT2D eigenvalue weighted by atomic mass is 16.5. The van der Waals surface area contributed by atoms with E-state index in [1.54, 1.807) is 6.07 Å². The number of anilines is 1. The Balaban J connectivity index is 1.42. The molecule has 0 aliphatic carbocycles. The Morgan fingerprint density at radius 3 is 2.86 bits per heavy atom. The van der Waals surface area contributed by atoms with E-state index in [4.69, 9.17) is 9.15 Å². The molecule has 6 nitrogen and oxygen atoms in total. The minimum absolute atomic E-state index is 0.0116. The first-order valence-corrected chi connectivity index (χ1v) is 9.08. The van der Waals surface area contributed by atoms with E-state index in [0.29, 0.717) is 12.0 Å². The van der Waals surface area contributed by atoms with Gasteiger partial charge >= 0.3 is 0 Å². The molecule has 142 valence electrons. The second-order valence-electron chi connectivity index (χ2n) is 6.71. The van der Waals surface area contributed by atoms with Crippen molar-refractivity contribution in [3.8, 4) is 5.75 Å². The number of furan rings is 1. The zero-order valence-electron chi connectivity index (χ0n) is 15.4. The van der Waals surface area contributed by atoms with Gasteiger partial charge in [-0.1, -0.05) is 30.3 Å². The molecule has 0 fully saturated rings. The van der Waals surface area contributed by atoms with Gasteiger partial charge in [0.25, 0.3) is 5.91 Å². The van der Waals surface area contributed by atoms with Gasteiger partial charge in [-0.05, 0) is 42.3 Å². The highest BCUT2D eigenvalue weighted by Crippen LogP contribution is 2.26. The summed E-state index contributed by atoms with van der Waals surface area (Å²) in [5, 5.41) is 5.75. The first kappa shape index (κ1) is 17.9. The molecular formula is C22H20N2O4. The molecule has 0 saturated carbocycles. The number of hydrogen-bond acceptors (Lipinski definition) is 4. The summed E-state index contributed by atoms with van der Waals surface area (Å²) in [7, 11) is 0. The van der Waals surface area contributed by atoms with Crippen molar-refractivity contribution in [1.82, 2.24) is 5.32 Å². The summed E-state index contributed by atoms with van der Waals surface area (Å²) in [6.07, 6.45) is 1.85. The van der Waals surface area contributed by atoms with Crippen LogP contribution in [0.5, 0.6) is 5.75 Å². The molecule has 0 spiro atoms. The van der Waals surface area contributed by atoms with Crippen LogP contribution < -0.4 is 15.4 Å². The average Bonchev–Trinajstić information content (AvgIpc) is 3.31. The molecule has 2 N–H and O–H groups in total. The summed E-state index contributed by atoms with van der Waals surface area (Å²) in [6, 6.07) is 16.6. The van der Waals surface area contributed by atoms with Gasteiger partial charge in [0.05, 0.1) is 18.7 Å². The maximum Gasteiger partial charge on any atom is 0.287 e. The number of ether oxygens (including phenoxy) is 1. The summed E-state index contributed by atoms with van der Waals surface area (Å²) in [5.74, 6) is 0.645. The number of benzene rings is 2. The smallest absolute Gasteiger partial charge is 0.287 e. The largest absolute Gasteiger partial charge is 0.489 e. The molecule has 1 aliphatic heterocycles. The van der Waals surface area contributed by atoms with Crippen LogP contribution in [0.4, 0.5) is 5.69 Å². The predicted octanol–water partition coefficient (Wildman–Crippen LogP) is 3.84. The van der Waals surface area contributed by atoms with Gasteiger partial charge in [-0.3, -0.25) is 9.59 Å². The fraction of sp³-hybridized carbons (Fsp3) is 0.182. The zero-order valence-corrected chi connectivity index (χ0v) is 15.4. The third-order valence-electron chi connectivity index (χ3n) is 4.69. The van der Waals surface area contributed by atoms with E-state index in [0.717, 1.165) is 22.6 Å². The Bertz CT molecular complexity index is 1010. The number of amides is 2. The van der Waals surface area contributed by atoms with Crippen molar-refractivity contribution in [2.45, 2.75) is 26.0 Å². The number of rotatable bonds is 6. The molecule has 1 aliphatic rings. The third kappa shape index (κ3) is 3.76. The fourth-order valence-corrected chi connectivity index (χ4v) is 3.19. The van der Waals surface area contributed by atoms with Crippen LogP contribution in [0, 0.1) is 0 Å². The highest BCUT2D eigenvalue weighted by Gasteiger charge is 2.21. The maximum atomic E-state index is 12.7. The lowest BCUT2D eigenvalue weighted by Crippen LogP contribution is -2.27. The van der Waals surface area contributed by atoms with Crippen molar-refractivity contribution in [2.24, 2.45) is 0 Å². The first-order valence-electron chi connectivity index (χ1n) is 9.08.